The van der Waals surface area contributed by atoms with Crippen LogP contribution in [0.2, 0.25) is 0 Å². The molecule has 0 aliphatic heterocycles. The minimum absolute atomic E-state index is 0. The minimum atomic E-state index is 0. The molecule has 0 atom stereocenters. The fourth-order valence-electron chi connectivity index (χ4n) is 3.30. The van der Waals surface area contributed by atoms with Gasteiger partial charge in [-0.15, -0.1) is 33.4 Å². The third-order valence-corrected chi connectivity index (χ3v) is 4.31. The van der Waals surface area contributed by atoms with Gasteiger partial charge in [0.25, 0.3) is 0 Å². The summed E-state index contributed by atoms with van der Waals surface area (Å²) >= 11 is 0. The van der Waals surface area contributed by atoms with Crippen LogP contribution in [-0.4, -0.2) is 0 Å². The van der Waals surface area contributed by atoms with Crippen molar-refractivity contribution in [3.05, 3.63) is 86.6 Å². The summed E-state index contributed by atoms with van der Waals surface area (Å²) in [6.07, 6.45) is 11.3. The molecule has 0 amide bonds. The summed E-state index contributed by atoms with van der Waals surface area (Å²) in [5, 5.41) is 5.19. The van der Waals surface area contributed by atoms with Crippen LogP contribution < -0.4 is 35.3 Å². The van der Waals surface area contributed by atoms with Gasteiger partial charge in [0.15, 0.2) is 0 Å². The molecule has 0 unspecified atom stereocenters. The first-order valence-electron chi connectivity index (χ1n) is 7.46. The maximum atomic E-state index is 3.64. The third kappa shape index (κ3) is 3.40. The van der Waals surface area contributed by atoms with Gasteiger partial charge in [0.2, 0.25) is 0 Å². The van der Waals surface area contributed by atoms with Crippen molar-refractivity contribution in [3.8, 4) is 0 Å². The SMILES string of the molecule is CC(C)=c1ccc2c(c1C1=CC=CC1)[C-]=c1ccccc1=2.[Cl-].[Cl-].[Hf]. The van der Waals surface area contributed by atoms with Crippen LogP contribution in [0.1, 0.15) is 31.4 Å². The summed E-state index contributed by atoms with van der Waals surface area (Å²) in [4.78, 5) is 0. The van der Waals surface area contributed by atoms with Crippen LogP contribution in [0.15, 0.2) is 54.6 Å². The van der Waals surface area contributed by atoms with Crippen molar-refractivity contribution in [1.82, 2.24) is 0 Å². The van der Waals surface area contributed by atoms with Crippen LogP contribution in [0.3, 0.4) is 0 Å². The Morgan fingerprint density at radius 2 is 1.71 bits per heavy atom. The van der Waals surface area contributed by atoms with Gasteiger partial charge in [0.1, 0.15) is 0 Å². The van der Waals surface area contributed by atoms with Crippen molar-refractivity contribution < 1.29 is 50.7 Å². The molecule has 0 saturated carbocycles. The molecule has 0 fully saturated rings. The molecule has 0 aromatic heterocycles. The van der Waals surface area contributed by atoms with Crippen LogP contribution in [0.4, 0.5) is 0 Å². The van der Waals surface area contributed by atoms with Crippen LogP contribution in [-0.2, 0) is 25.8 Å². The van der Waals surface area contributed by atoms with Crippen molar-refractivity contribution in [2.24, 2.45) is 0 Å². The zero-order valence-electron chi connectivity index (χ0n) is 13.7. The molecule has 0 nitrogen and oxygen atoms in total. The van der Waals surface area contributed by atoms with E-state index in [1.54, 1.807) is 0 Å². The Labute approximate surface area is 174 Å². The Kier molecular flexibility index (Phi) is 7.46. The number of fused-ring (bicyclic) bond motifs is 2. The molecule has 0 saturated heterocycles. The quantitative estimate of drug-likeness (QED) is 0.248. The van der Waals surface area contributed by atoms with Gasteiger partial charge in [0, 0.05) is 25.8 Å². The van der Waals surface area contributed by atoms with Crippen molar-refractivity contribution in [1.29, 1.82) is 0 Å². The Balaban J connectivity index is 0.000000960. The molecular formula is C21H17Cl2Hf-3. The molecule has 2 aromatic carbocycles. The minimum Gasteiger partial charge on any atom is -1.00 e. The van der Waals surface area contributed by atoms with Gasteiger partial charge < -0.3 is 24.8 Å². The fraction of sp³-hybridized carbons (Fsp3) is 0.143. The number of halogens is 2. The maximum Gasteiger partial charge on any atom is 0 e. The monoisotopic (exact) mass is 519 g/mol. The van der Waals surface area contributed by atoms with Crippen LogP contribution in [0.5, 0.6) is 0 Å². The van der Waals surface area contributed by atoms with E-state index in [1.807, 2.05) is 0 Å². The molecule has 24 heavy (non-hydrogen) atoms. The molecule has 2 aromatic rings. The summed E-state index contributed by atoms with van der Waals surface area (Å²) in [6.45, 7) is 4.38. The smallest absolute Gasteiger partial charge is 0 e. The third-order valence-electron chi connectivity index (χ3n) is 4.31. The van der Waals surface area contributed by atoms with Crippen LogP contribution in [0, 0.1) is 10.4 Å². The first-order valence-corrected chi connectivity index (χ1v) is 7.46. The summed E-state index contributed by atoms with van der Waals surface area (Å²) in [5.74, 6) is 0. The van der Waals surface area contributed by atoms with Gasteiger partial charge in [-0.25, -0.2) is 0 Å². The molecular weight excluding hydrogens is 502 g/mol. The molecule has 0 N–H and O–H groups in total. The van der Waals surface area contributed by atoms with E-state index in [2.05, 4.69) is 74.5 Å². The van der Waals surface area contributed by atoms with Gasteiger partial charge in [-0.05, 0) is 20.3 Å². The summed E-state index contributed by atoms with van der Waals surface area (Å²) in [6, 6.07) is 13.1. The Morgan fingerprint density at radius 1 is 0.958 bits per heavy atom. The van der Waals surface area contributed by atoms with E-state index in [0.717, 1.165) is 6.42 Å². The molecule has 2 aliphatic carbocycles. The largest absolute Gasteiger partial charge is 1.00 e. The molecule has 0 bridgehead atoms. The Hall–Kier alpha value is -0.890. The second-order valence-corrected chi connectivity index (χ2v) is 5.91. The maximum absolute atomic E-state index is 3.64. The van der Waals surface area contributed by atoms with Crippen LogP contribution >= 0.6 is 0 Å². The first kappa shape index (κ1) is 21.2. The Morgan fingerprint density at radius 3 is 2.38 bits per heavy atom. The van der Waals surface area contributed by atoms with E-state index in [1.165, 1.54) is 43.1 Å². The van der Waals surface area contributed by atoms with Crippen molar-refractivity contribution in [2.75, 3.05) is 0 Å². The molecule has 0 spiro atoms. The number of rotatable bonds is 1. The van der Waals surface area contributed by atoms with Gasteiger partial charge >= 0.3 is 0 Å². The zero-order chi connectivity index (χ0) is 14.4. The number of benzene rings is 2. The predicted molar refractivity (Wildman–Crippen MR) is 88.8 cm³/mol. The molecule has 2 aliphatic rings. The van der Waals surface area contributed by atoms with Crippen molar-refractivity contribution in [2.45, 2.75) is 20.3 Å². The summed E-state index contributed by atoms with van der Waals surface area (Å²) in [7, 11) is 0. The Bertz CT molecular complexity index is 1030. The standard InChI is InChI=1S/C21H17.2ClH.Hf/c1-14(2)17-11-12-19-18-10-6-5-9-16(18)13-20(19)21(17)15-7-3-4-8-15;;;/h3-7,9-12H,8H2,1-2H3;2*1H;/q-1;;;/p-2. The van der Waals surface area contributed by atoms with E-state index in [9.17, 15) is 0 Å². The van der Waals surface area contributed by atoms with Gasteiger partial charge in [-0.1, -0.05) is 70.5 Å². The van der Waals surface area contributed by atoms with Crippen molar-refractivity contribution in [3.63, 3.8) is 0 Å². The average molecular weight is 519 g/mol. The van der Waals surface area contributed by atoms with E-state index in [4.69, 9.17) is 0 Å². The normalized spacial score (nSPS) is 12.7. The second kappa shape index (κ2) is 8.47. The van der Waals surface area contributed by atoms with Crippen molar-refractivity contribution >= 4 is 17.2 Å². The zero-order valence-corrected chi connectivity index (χ0v) is 18.8. The van der Waals surface area contributed by atoms with E-state index in [-0.39, 0.29) is 50.7 Å². The summed E-state index contributed by atoms with van der Waals surface area (Å²) in [5.41, 5.74) is 5.40. The predicted octanol–water partition coefficient (Wildman–Crippen LogP) is -2.47. The first-order chi connectivity index (χ1) is 10.3. The molecule has 3 heteroatoms. The van der Waals surface area contributed by atoms with E-state index in [0.29, 0.717) is 0 Å². The van der Waals surface area contributed by atoms with E-state index >= 15 is 0 Å². The summed E-state index contributed by atoms with van der Waals surface area (Å²) < 4.78 is 0. The topological polar surface area (TPSA) is 0 Å². The number of hydrogen-bond acceptors (Lipinski definition) is 0. The second-order valence-electron chi connectivity index (χ2n) is 5.91. The number of hydrogen-bond donors (Lipinski definition) is 0. The fourth-order valence-corrected chi connectivity index (χ4v) is 3.30. The molecule has 122 valence electrons. The van der Waals surface area contributed by atoms with Gasteiger partial charge in [-0.2, -0.15) is 0 Å². The molecule has 0 radical (unpaired) electrons. The van der Waals surface area contributed by atoms with Crippen LogP contribution in [0.25, 0.3) is 17.2 Å². The number of allylic oxidation sites excluding steroid dienone is 4. The van der Waals surface area contributed by atoms with E-state index < -0.39 is 0 Å². The molecule has 0 heterocycles. The van der Waals surface area contributed by atoms with Gasteiger partial charge in [-0.3, -0.25) is 0 Å². The average Bonchev–Trinajstić information content (AvgIpc) is 3.13. The molecule has 4 rings (SSSR count). The van der Waals surface area contributed by atoms with Gasteiger partial charge in [0.05, 0.1) is 0 Å².